The van der Waals surface area contributed by atoms with Crippen molar-refractivity contribution >= 4 is 11.4 Å². The van der Waals surface area contributed by atoms with Gasteiger partial charge in [0, 0.05) is 13.1 Å². The topological polar surface area (TPSA) is 75.8 Å². The first-order valence-electron chi connectivity index (χ1n) is 9.10. The SMILES string of the molecule is CCOc1cccc(N2CCC(C(O)c3ccc(F)cc3)CC2)c1[N+](=O)[O-]. The van der Waals surface area contributed by atoms with Crippen molar-refractivity contribution in [1.82, 2.24) is 0 Å². The van der Waals surface area contributed by atoms with Gasteiger partial charge in [-0.2, -0.15) is 0 Å². The van der Waals surface area contributed by atoms with Crippen LogP contribution in [0.25, 0.3) is 0 Å². The van der Waals surface area contributed by atoms with Crippen LogP contribution < -0.4 is 9.64 Å². The fraction of sp³-hybridized carbons (Fsp3) is 0.400. The van der Waals surface area contributed by atoms with Crippen LogP contribution in [0, 0.1) is 21.8 Å². The second-order valence-corrected chi connectivity index (χ2v) is 6.63. The molecule has 0 aromatic heterocycles. The van der Waals surface area contributed by atoms with Crippen LogP contribution >= 0.6 is 0 Å². The Balaban J connectivity index is 1.73. The first-order chi connectivity index (χ1) is 13.0. The maximum atomic E-state index is 13.1. The summed E-state index contributed by atoms with van der Waals surface area (Å²) < 4.78 is 18.5. The van der Waals surface area contributed by atoms with Gasteiger partial charge in [0.2, 0.25) is 0 Å². The number of piperidine rings is 1. The summed E-state index contributed by atoms with van der Waals surface area (Å²) in [5.74, 6) is -0.0310. The number of halogens is 1. The van der Waals surface area contributed by atoms with Gasteiger partial charge >= 0.3 is 5.69 Å². The van der Waals surface area contributed by atoms with Gasteiger partial charge in [-0.15, -0.1) is 0 Å². The first kappa shape index (κ1) is 19.1. The highest BCUT2D eigenvalue weighted by Crippen LogP contribution is 2.40. The van der Waals surface area contributed by atoms with Crippen molar-refractivity contribution in [2.75, 3.05) is 24.6 Å². The molecule has 1 atom stereocenters. The number of aliphatic hydroxyl groups is 1. The second-order valence-electron chi connectivity index (χ2n) is 6.63. The van der Waals surface area contributed by atoms with E-state index < -0.39 is 11.0 Å². The van der Waals surface area contributed by atoms with Crippen LogP contribution in [0.5, 0.6) is 5.75 Å². The lowest BCUT2D eigenvalue weighted by atomic mass is 9.87. The fourth-order valence-corrected chi connectivity index (χ4v) is 3.61. The summed E-state index contributed by atoms with van der Waals surface area (Å²) >= 11 is 0. The van der Waals surface area contributed by atoms with Crippen molar-refractivity contribution in [2.45, 2.75) is 25.9 Å². The van der Waals surface area contributed by atoms with Gasteiger partial charge in [-0.3, -0.25) is 10.1 Å². The number of nitrogens with zero attached hydrogens (tertiary/aromatic N) is 2. The van der Waals surface area contributed by atoms with E-state index in [2.05, 4.69) is 0 Å². The smallest absolute Gasteiger partial charge is 0.333 e. The highest BCUT2D eigenvalue weighted by atomic mass is 19.1. The molecule has 1 N–H and O–H groups in total. The molecule has 3 rings (SSSR count). The lowest BCUT2D eigenvalue weighted by Crippen LogP contribution is -2.36. The highest BCUT2D eigenvalue weighted by Gasteiger charge is 2.30. The molecule has 1 fully saturated rings. The Morgan fingerprint density at radius 2 is 1.93 bits per heavy atom. The number of ether oxygens (including phenoxy) is 1. The van der Waals surface area contributed by atoms with Gasteiger partial charge in [0.15, 0.2) is 5.75 Å². The quantitative estimate of drug-likeness (QED) is 0.609. The van der Waals surface area contributed by atoms with Crippen LogP contribution in [-0.2, 0) is 0 Å². The molecular weight excluding hydrogens is 351 g/mol. The molecule has 0 aliphatic carbocycles. The molecule has 0 radical (unpaired) electrons. The molecule has 1 heterocycles. The van der Waals surface area contributed by atoms with Crippen molar-refractivity contribution in [1.29, 1.82) is 0 Å². The van der Waals surface area contributed by atoms with E-state index in [-0.39, 0.29) is 23.2 Å². The second kappa shape index (κ2) is 8.35. The molecule has 2 aromatic rings. The minimum Gasteiger partial charge on any atom is -0.487 e. The first-order valence-corrected chi connectivity index (χ1v) is 9.10. The predicted octanol–water partition coefficient (Wildman–Crippen LogP) is 4.08. The number of aliphatic hydroxyl groups excluding tert-OH is 1. The van der Waals surface area contributed by atoms with Crippen LogP contribution in [0.15, 0.2) is 42.5 Å². The molecule has 0 saturated carbocycles. The molecular formula is C20H23FN2O4. The van der Waals surface area contributed by atoms with Gasteiger partial charge in [0.05, 0.1) is 17.6 Å². The minimum absolute atomic E-state index is 0.0168. The van der Waals surface area contributed by atoms with Gasteiger partial charge in [-0.05, 0) is 55.5 Å². The zero-order chi connectivity index (χ0) is 19.4. The maximum absolute atomic E-state index is 13.1. The third-order valence-corrected chi connectivity index (χ3v) is 5.00. The molecule has 144 valence electrons. The van der Waals surface area contributed by atoms with E-state index in [4.69, 9.17) is 4.74 Å². The molecule has 0 bridgehead atoms. The number of para-hydroxylation sites is 1. The molecule has 27 heavy (non-hydrogen) atoms. The van der Waals surface area contributed by atoms with E-state index in [9.17, 15) is 19.6 Å². The monoisotopic (exact) mass is 374 g/mol. The van der Waals surface area contributed by atoms with E-state index in [1.807, 2.05) is 4.90 Å². The molecule has 1 saturated heterocycles. The minimum atomic E-state index is -0.669. The van der Waals surface area contributed by atoms with E-state index in [1.165, 1.54) is 12.1 Å². The molecule has 6 nitrogen and oxygen atoms in total. The third kappa shape index (κ3) is 4.19. The summed E-state index contributed by atoms with van der Waals surface area (Å²) in [5, 5.41) is 22.2. The summed E-state index contributed by atoms with van der Waals surface area (Å²) in [6.07, 6.45) is 0.709. The van der Waals surface area contributed by atoms with Crippen LogP contribution in [0.2, 0.25) is 0 Å². The number of nitro benzene ring substituents is 1. The highest BCUT2D eigenvalue weighted by molar-refractivity contribution is 5.70. The van der Waals surface area contributed by atoms with E-state index in [1.54, 1.807) is 37.3 Å². The van der Waals surface area contributed by atoms with Crippen LogP contribution in [-0.4, -0.2) is 29.7 Å². The Morgan fingerprint density at radius 1 is 1.26 bits per heavy atom. The molecule has 1 unspecified atom stereocenters. The van der Waals surface area contributed by atoms with Crippen molar-refractivity contribution in [2.24, 2.45) is 5.92 Å². The Hall–Kier alpha value is -2.67. The van der Waals surface area contributed by atoms with Gasteiger partial charge in [-0.25, -0.2) is 4.39 Å². The average molecular weight is 374 g/mol. The van der Waals surface area contributed by atoms with Crippen molar-refractivity contribution < 1.29 is 19.2 Å². The molecule has 1 aliphatic rings. The number of nitro groups is 1. The molecule has 0 amide bonds. The predicted molar refractivity (Wildman–Crippen MR) is 101 cm³/mol. The van der Waals surface area contributed by atoms with Crippen molar-refractivity contribution in [3.05, 3.63) is 64.0 Å². The molecule has 7 heteroatoms. The molecule has 2 aromatic carbocycles. The van der Waals surface area contributed by atoms with Crippen molar-refractivity contribution in [3.8, 4) is 5.75 Å². The Bertz CT molecular complexity index is 789. The van der Waals surface area contributed by atoms with Crippen molar-refractivity contribution in [3.63, 3.8) is 0 Å². The van der Waals surface area contributed by atoms with Gasteiger partial charge in [0.25, 0.3) is 0 Å². The summed E-state index contributed by atoms with van der Waals surface area (Å²) in [6.45, 7) is 3.34. The zero-order valence-corrected chi connectivity index (χ0v) is 15.2. The van der Waals surface area contributed by atoms with Crippen LogP contribution in [0.3, 0.4) is 0 Å². The van der Waals surface area contributed by atoms with Gasteiger partial charge in [-0.1, -0.05) is 18.2 Å². The van der Waals surface area contributed by atoms with Gasteiger partial charge in [0.1, 0.15) is 11.5 Å². The standard InChI is InChI=1S/C20H23FN2O4/c1-2-27-18-5-3-4-17(19(18)23(25)26)22-12-10-15(11-13-22)20(24)14-6-8-16(21)9-7-14/h3-9,15,20,24H,2,10-13H2,1H3. The lowest BCUT2D eigenvalue weighted by molar-refractivity contribution is -0.385. The molecule has 0 spiro atoms. The summed E-state index contributed by atoms with van der Waals surface area (Å²) in [5.41, 5.74) is 1.22. The molecule has 1 aliphatic heterocycles. The summed E-state index contributed by atoms with van der Waals surface area (Å²) in [7, 11) is 0. The largest absolute Gasteiger partial charge is 0.487 e. The van der Waals surface area contributed by atoms with Crippen LogP contribution in [0.4, 0.5) is 15.8 Å². The van der Waals surface area contributed by atoms with Crippen LogP contribution in [0.1, 0.15) is 31.4 Å². The number of rotatable bonds is 6. The van der Waals surface area contributed by atoms with E-state index in [0.717, 1.165) is 0 Å². The lowest BCUT2D eigenvalue weighted by Gasteiger charge is -2.35. The summed E-state index contributed by atoms with van der Waals surface area (Å²) in [4.78, 5) is 13.1. The Labute approximate surface area is 157 Å². The Kier molecular flexibility index (Phi) is 5.91. The summed E-state index contributed by atoms with van der Waals surface area (Å²) in [6, 6.07) is 11.0. The third-order valence-electron chi connectivity index (χ3n) is 5.00. The number of hydrogen-bond donors (Lipinski definition) is 1. The number of anilines is 1. The number of hydrogen-bond acceptors (Lipinski definition) is 5. The Morgan fingerprint density at radius 3 is 2.52 bits per heavy atom. The normalized spacial score (nSPS) is 16.2. The fourth-order valence-electron chi connectivity index (χ4n) is 3.61. The van der Waals surface area contributed by atoms with Gasteiger partial charge < -0.3 is 14.7 Å². The average Bonchev–Trinajstić information content (AvgIpc) is 2.68. The van der Waals surface area contributed by atoms with E-state index in [0.29, 0.717) is 43.8 Å². The maximum Gasteiger partial charge on any atom is 0.333 e. The zero-order valence-electron chi connectivity index (χ0n) is 15.2. The number of benzene rings is 2. The van der Waals surface area contributed by atoms with E-state index >= 15 is 0 Å².